The van der Waals surface area contributed by atoms with E-state index in [4.69, 9.17) is 15.9 Å². The monoisotopic (exact) mass is 277 g/mol. The number of amides is 1. The normalized spacial score (nSPS) is 10.5. The molecule has 0 saturated carbocycles. The van der Waals surface area contributed by atoms with E-state index in [1.54, 1.807) is 6.92 Å². The first kappa shape index (κ1) is 13.7. The second-order valence-corrected chi connectivity index (χ2v) is 4.08. The van der Waals surface area contributed by atoms with E-state index in [2.05, 4.69) is 4.98 Å². The molecule has 0 fully saturated rings. The maximum absolute atomic E-state index is 14.3. The lowest BCUT2D eigenvalue weighted by Crippen LogP contribution is -2.17. The summed E-state index contributed by atoms with van der Waals surface area (Å²) in [7, 11) is 0. The molecule has 104 valence electrons. The maximum atomic E-state index is 14.3. The summed E-state index contributed by atoms with van der Waals surface area (Å²) in [5, 5.41) is 0. The van der Waals surface area contributed by atoms with Crippen LogP contribution < -0.4 is 11.5 Å². The lowest BCUT2D eigenvalue weighted by atomic mass is 9.96. The molecule has 0 spiro atoms. The van der Waals surface area contributed by atoms with Gasteiger partial charge >= 0.3 is 0 Å². The number of ketones is 1. The molecule has 0 aliphatic carbocycles. The Morgan fingerprint density at radius 2 is 2.10 bits per heavy atom. The number of primary amides is 1. The second kappa shape index (κ2) is 5.12. The van der Waals surface area contributed by atoms with Crippen molar-refractivity contribution in [1.82, 2.24) is 4.98 Å². The molecule has 2 aromatic rings. The number of rotatable bonds is 4. The van der Waals surface area contributed by atoms with Gasteiger partial charge in [-0.3, -0.25) is 9.59 Å². The fraction of sp³-hybridized carbons (Fsp3) is 0.154. The van der Waals surface area contributed by atoms with Crippen molar-refractivity contribution in [3.63, 3.8) is 0 Å². The number of carbonyl (C=O) groups excluding carboxylic acids is 2. The SMILES string of the molecule is CCC(=O)c1cc(C(N)=O)c(F)c(-c2cnco2)c1N. The third kappa shape index (κ3) is 2.13. The van der Waals surface area contributed by atoms with Gasteiger partial charge in [-0.15, -0.1) is 0 Å². The number of halogens is 1. The van der Waals surface area contributed by atoms with Gasteiger partial charge in [0.05, 0.1) is 23.0 Å². The molecule has 2 rings (SSSR count). The lowest BCUT2D eigenvalue weighted by Gasteiger charge is -2.12. The summed E-state index contributed by atoms with van der Waals surface area (Å²) in [6, 6.07) is 1.07. The molecule has 0 saturated heterocycles. The topological polar surface area (TPSA) is 112 Å². The number of benzene rings is 1. The highest BCUT2D eigenvalue weighted by atomic mass is 19.1. The summed E-state index contributed by atoms with van der Waals surface area (Å²) >= 11 is 0. The van der Waals surface area contributed by atoms with Crippen LogP contribution in [0.25, 0.3) is 11.3 Å². The van der Waals surface area contributed by atoms with Crippen LogP contribution in [-0.2, 0) is 0 Å². The Bertz CT molecular complexity index is 681. The zero-order chi connectivity index (χ0) is 14.9. The summed E-state index contributed by atoms with van der Waals surface area (Å²) in [6.07, 6.45) is 2.48. The minimum Gasteiger partial charge on any atom is -0.443 e. The third-order valence-electron chi connectivity index (χ3n) is 2.87. The number of aromatic nitrogens is 1. The average molecular weight is 277 g/mol. The van der Waals surface area contributed by atoms with Gasteiger partial charge in [0.1, 0.15) is 5.82 Å². The Labute approximate surface area is 113 Å². The number of oxazole rings is 1. The lowest BCUT2D eigenvalue weighted by molar-refractivity contribution is 0.0989. The van der Waals surface area contributed by atoms with Gasteiger partial charge in [-0.2, -0.15) is 0 Å². The maximum Gasteiger partial charge on any atom is 0.251 e. The van der Waals surface area contributed by atoms with Gasteiger partial charge in [0.25, 0.3) is 5.91 Å². The van der Waals surface area contributed by atoms with E-state index in [-0.39, 0.29) is 34.8 Å². The van der Waals surface area contributed by atoms with Crippen molar-refractivity contribution >= 4 is 17.4 Å². The Hall–Kier alpha value is -2.70. The number of anilines is 1. The number of nitrogens with zero attached hydrogens (tertiary/aromatic N) is 1. The van der Waals surface area contributed by atoms with Crippen molar-refractivity contribution in [2.75, 3.05) is 5.73 Å². The van der Waals surface area contributed by atoms with Gasteiger partial charge in [-0.05, 0) is 6.07 Å². The van der Waals surface area contributed by atoms with Crippen LogP contribution in [0.5, 0.6) is 0 Å². The van der Waals surface area contributed by atoms with Crippen molar-refractivity contribution in [3.8, 4) is 11.3 Å². The Balaban J connectivity index is 2.81. The molecule has 20 heavy (non-hydrogen) atoms. The molecule has 0 aliphatic heterocycles. The van der Waals surface area contributed by atoms with E-state index in [1.807, 2.05) is 0 Å². The van der Waals surface area contributed by atoms with E-state index in [9.17, 15) is 14.0 Å². The van der Waals surface area contributed by atoms with E-state index in [0.29, 0.717) is 0 Å². The summed E-state index contributed by atoms with van der Waals surface area (Å²) in [4.78, 5) is 26.8. The highest BCUT2D eigenvalue weighted by Gasteiger charge is 2.24. The fourth-order valence-corrected chi connectivity index (χ4v) is 1.85. The van der Waals surface area contributed by atoms with Gasteiger partial charge in [-0.25, -0.2) is 9.37 Å². The zero-order valence-electron chi connectivity index (χ0n) is 10.6. The van der Waals surface area contributed by atoms with E-state index < -0.39 is 17.3 Å². The van der Waals surface area contributed by atoms with Crippen LogP contribution in [0.2, 0.25) is 0 Å². The summed E-state index contributed by atoms with van der Waals surface area (Å²) < 4.78 is 19.3. The first-order chi connectivity index (χ1) is 9.47. The molecule has 7 heteroatoms. The fourth-order valence-electron chi connectivity index (χ4n) is 1.85. The van der Waals surface area contributed by atoms with Gasteiger partial charge < -0.3 is 15.9 Å². The predicted molar refractivity (Wildman–Crippen MR) is 69.4 cm³/mol. The molecular weight excluding hydrogens is 265 g/mol. The van der Waals surface area contributed by atoms with Gasteiger partial charge in [0.2, 0.25) is 0 Å². The van der Waals surface area contributed by atoms with Crippen LogP contribution in [0.3, 0.4) is 0 Å². The number of carbonyl (C=O) groups is 2. The number of Topliss-reactive ketones (excluding diaryl/α,β-unsaturated/α-hetero) is 1. The van der Waals surface area contributed by atoms with Crippen molar-refractivity contribution < 1.29 is 18.4 Å². The highest BCUT2D eigenvalue weighted by molar-refractivity contribution is 6.07. The van der Waals surface area contributed by atoms with Crippen LogP contribution in [0, 0.1) is 5.82 Å². The molecule has 1 heterocycles. The molecule has 1 aromatic carbocycles. The molecule has 0 radical (unpaired) electrons. The van der Waals surface area contributed by atoms with E-state index in [0.717, 1.165) is 12.5 Å². The minimum absolute atomic E-state index is 0.0215. The van der Waals surface area contributed by atoms with Crippen LogP contribution >= 0.6 is 0 Å². The highest BCUT2D eigenvalue weighted by Crippen LogP contribution is 2.34. The molecule has 1 amide bonds. The average Bonchev–Trinajstić information content (AvgIpc) is 2.91. The largest absolute Gasteiger partial charge is 0.443 e. The Kier molecular flexibility index (Phi) is 3.51. The molecule has 0 aliphatic rings. The van der Waals surface area contributed by atoms with Crippen LogP contribution in [0.15, 0.2) is 23.1 Å². The summed E-state index contributed by atoms with van der Waals surface area (Å²) in [6.45, 7) is 1.63. The van der Waals surface area contributed by atoms with Crippen LogP contribution in [0.4, 0.5) is 10.1 Å². The second-order valence-electron chi connectivity index (χ2n) is 4.08. The smallest absolute Gasteiger partial charge is 0.251 e. The molecule has 1 aromatic heterocycles. The first-order valence-electron chi connectivity index (χ1n) is 5.81. The molecule has 0 atom stereocenters. The minimum atomic E-state index is -0.992. The molecule has 4 N–H and O–H groups in total. The van der Waals surface area contributed by atoms with E-state index in [1.165, 1.54) is 6.20 Å². The number of nitrogens with two attached hydrogens (primary N) is 2. The first-order valence-corrected chi connectivity index (χ1v) is 5.81. The molecule has 0 unspecified atom stereocenters. The Morgan fingerprint density at radius 3 is 2.60 bits per heavy atom. The van der Waals surface area contributed by atoms with Crippen LogP contribution in [0.1, 0.15) is 34.1 Å². The van der Waals surface area contributed by atoms with Crippen molar-refractivity contribution in [2.24, 2.45) is 5.73 Å². The number of hydrogen-bond donors (Lipinski definition) is 2. The quantitative estimate of drug-likeness (QED) is 0.653. The number of hydrogen-bond acceptors (Lipinski definition) is 5. The van der Waals surface area contributed by atoms with Gasteiger partial charge in [0, 0.05) is 12.0 Å². The summed E-state index contributed by atoms with van der Waals surface area (Å²) in [5.74, 6) is -2.23. The van der Waals surface area contributed by atoms with Crippen molar-refractivity contribution in [3.05, 3.63) is 35.6 Å². The molecule has 0 bridgehead atoms. The van der Waals surface area contributed by atoms with Gasteiger partial charge in [-0.1, -0.05) is 6.92 Å². The van der Waals surface area contributed by atoms with Crippen molar-refractivity contribution in [2.45, 2.75) is 13.3 Å². The third-order valence-corrected chi connectivity index (χ3v) is 2.87. The summed E-state index contributed by atoms with van der Waals surface area (Å²) in [5.41, 5.74) is 10.3. The molecule has 6 nitrogen and oxygen atoms in total. The molecular formula is C13H12FN3O3. The zero-order valence-corrected chi connectivity index (χ0v) is 10.6. The number of nitrogen functional groups attached to an aromatic ring is 1. The van der Waals surface area contributed by atoms with Crippen molar-refractivity contribution in [1.29, 1.82) is 0 Å². The predicted octanol–water partition coefficient (Wildman–Crippen LogP) is 1.75. The Morgan fingerprint density at radius 1 is 1.40 bits per heavy atom. The van der Waals surface area contributed by atoms with E-state index >= 15 is 0 Å². The van der Waals surface area contributed by atoms with Crippen LogP contribution in [-0.4, -0.2) is 16.7 Å². The van der Waals surface area contributed by atoms with Gasteiger partial charge in [0.15, 0.2) is 17.9 Å². The standard InChI is InChI=1S/C13H12FN3O3/c1-2-8(18)6-3-7(13(16)19)11(14)10(12(6)15)9-4-17-5-20-9/h3-5H,2,15H2,1H3,(H2,16,19).